The molecule has 0 fully saturated rings. The Balaban J connectivity index is 2.15. The second kappa shape index (κ2) is 7.30. The van der Waals surface area contributed by atoms with Crippen LogP contribution in [-0.2, 0) is 6.42 Å². The van der Waals surface area contributed by atoms with Crippen LogP contribution in [0.3, 0.4) is 0 Å². The predicted octanol–water partition coefficient (Wildman–Crippen LogP) is 5.34. The van der Waals surface area contributed by atoms with Crippen LogP contribution >= 0.6 is 34.5 Å². The van der Waals surface area contributed by atoms with E-state index in [1.807, 2.05) is 18.2 Å². The highest BCUT2D eigenvalue weighted by Gasteiger charge is 2.13. The molecular weight excluding hydrogens is 297 g/mol. The highest BCUT2D eigenvalue weighted by molar-refractivity contribution is 7.07. The third kappa shape index (κ3) is 4.22. The minimum atomic E-state index is 0.310. The molecule has 1 aromatic heterocycles. The third-order valence-electron chi connectivity index (χ3n) is 3.03. The molecule has 1 heterocycles. The van der Waals surface area contributed by atoms with E-state index in [2.05, 4.69) is 29.1 Å². The molecule has 0 saturated heterocycles. The van der Waals surface area contributed by atoms with E-state index in [4.69, 9.17) is 23.2 Å². The Labute approximate surface area is 128 Å². The van der Waals surface area contributed by atoms with Gasteiger partial charge in [0.05, 0.1) is 0 Å². The molecule has 4 heteroatoms. The average Bonchev–Trinajstić information content (AvgIpc) is 2.90. The average molecular weight is 314 g/mol. The molecule has 0 spiro atoms. The molecule has 0 radical (unpaired) electrons. The molecule has 0 aliphatic heterocycles. The smallest absolute Gasteiger partial charge is 0.0453 e. The molecule has 1 N–H and O–H groups in total. The summed E-state index contributed by atoms with van der Waals surface area (Å²) in [5, 5.41) is 9.30. The number of halogens is 2. The fourth-order valence-electron chi connectivity index (χ4n) is 2.01. The van der Waals surface area contributed by atoms with Gasteiger partial charge in [0.1, 0.15) is 0 Å². The van der Waals surface area contributed by atoms with E-state index in [9.17, 15) is 0 Å². The van der Waals surface area contributed by atoms with Gasteiger partial charge in [-0.15, -0.1) is 0 Å². The van der Waals surface area contributed by atoms with Gasteiger partial charge in [-0.05, 0) is 59.5 Å². The van der Waals surface area contributed by atoms with Gasteiger partial charge in [-0.2, -0.15) is 11.3 Å². The molecule has 19 heavy (non-hydrogen) atoms. The second-order valence-electron chi connectivity index (χ2n) is 4.50. The van der Waals surface area contributed by atoms with Gasteiger partial charge >= 0.3 is 0 Å². The molecule has 0 amide bonds. The Bertz CT molecular complexity index is 511. The van der Waals surface area contributed by atoms with Crippen molar-refractivity contribution in [3.63, 3.8) is 0 Å². The minimum Gasteiger partial charge on any atom is -0.310 e. The fraction of sp³-hybridized carbons (Fsp3) is 0.333. The molecular formula is C15H17Cl2NS. The van der Waals surface area contributed by atoms with Gasteiger partial charge in [-0.1, -0.05) is 36.2 Å². The molecule has 2 aromatic rings. The Morgan fingerprint density at radius 2 is 2.11 bits per heavy atom. The minimum absolute atomic E-state index is 0.310. The number of rotatable bonds is 6. The van der Waals surface area contributed by atoms with Crippen LogP contribution in [0.4, 0.5) is 0 Å². The van der Waals surface area contributed by atoms with Gasteiger partial charge in [-0.3, -0.25) is 0 Å². The lowest BCUT2D eigenvalue weighted by Gasteiger charge is -2.18. The van der Waals surface area contributed by atoms with Crippen molar-refractivity contribution in [3.05, 3.63) is 56.2 Å². The highest BCUT2D eigenvalue weighted by Crippen LogP contribution is 2.27. The largest absolute Gasteiger partial charge is 0.310 e. The lowest BCUT2D eigenvalue weighted by Crippen LogP contribution is -2.23. The highest BCUT2D eigenvalue weighted by atomic mass is 35.5. The van der Waals surface area contributed by atoms with E-state index in [0.717, 1.165) is 30.0 Å². The van der Waals surface area contributed by atoms with E-state index < -0.39 is 0 Å². The lowest BCUT2D eigenvalue weighted by molar-refractivity contribution is 0.530. The van der Waals surface area contributed by atoms with Crippen LogP contribution in [0, 0.1) is 0 Å². The first-order valence-corrected chi connectivity index (χ1v) is 8.10. The van der Waals surface area contributed by atoms with E-state index in [1.165, 1.54) is 5.56 Å². The van der Waals surface area contributed by atoms with Crippen molar-refractivity contribution in [2.75, 3.05) is 6.54 Å². The Morgan fingerprint density at radius 1 is 1.26 bits per heavy atom. The zero-order valence-corrected chi connectivity index (χ0v) is 13.2. The summed E-state index contributed by atoms with van der Waals surface area (Å²) in [6.45, 7) is 3.18. The number of thiophene rings is 1. The van der Waals surface area contributed by atoms with Gasteiger partial charge in [0.2, 0.25) is 0 Å². The maximum absolute atomic E-state index is 6.26. The van der Waals surface area contributed by atoms with Gasteiger partial charge in [0.25, 0.3) is 0 Å². The Hall–Kier alpha value is -0.540. The summed E-state index contributed by atoms with van der Waals surface area (Å²) in [4.78, 5) is 0. The Morgan fingerprint density at radius 3 is 2.74 bits per heavy atom. The molecule has 1 aromatic carbocycles. The quantitative estimate of drug-likeness (QED) is 0.759. The van der Waals surface area contributed by atoms with Gasteiger partial charge in [0.15, 0.2) is 0 Å². The number of nitrogens with one attached hydrogen (secondary N) is 1. The SMILES string of the molecule is CCCNC(Cc1ccc(Cl)cc1Cl)c1ccsc1. The molecule has 2 rings (SSSR count). The third-order valence-corrected chi connectivity index (χ3v) is 4.31. The Kier molecular flexibility index (Phi) is 5.71. The van der Waals surface area contributed by atoms with Gasteiger partial charge in [-0.25, -0.2) is 0 Å². The fourth-order valence-corrected chi connectivity index (χ4v) is 3.21. The van der Waals surface area contributed by atoms with Crippen LogP contribution in [0.1, 0.15) is 30.5 Å². The summed E-state index contributed by atoms with van der Waals surface area (Å²) < 4.78 is 0. The van der Waals surface area contributed by atoms with Crippen LogP contribution in [0.25, 0.3) is 0 Å². The van der Waals surface area contributed by atoms with Crippen LogP contribution in [0.5, 0.6) is 0 Å². The summed E-state index contributed by atoms with van der Waals surface area (Å²) in [6.07, 6.45) is 2.00. The van der Waals surface area contributed by atoms with Crippen molar-refractivity contribution >= 4 is 34.5 Å². The van der Waals surface area contributed by atoms with E-state index in [1.54, 1.807) is 11.3 Å². The molecule has 0 aliphatic carbocycles. The van der Waals surface area contributed by atoms with Crippen LogP contribution in [-0.4, -0.2) is 6.54 Å². The molecule has 0 saturated carbocycles. The predicted molar refractivity (Wildman–Crippen MR) is 85.5 cm³/mol. The van der Waals surface area contributed by atoms with Crippen molar-refractivity contribution < 1.29 is 0 Å². The molecule has 1 nitrogen and oxygen atoms in total. The number of benzene rings is 1. The number of hydrogen-bond acceptors (Lipinski definition) is 2. The molecule has 0 bridgehead atoms. The van der Waals surface area contributed by atoms with Crippen LogP contribution in [0.15, 0.2) is 35.0 Å². The first kappa shape index (κ1) is 14.9. The zero-order chi connectivity index (χ0) is 13.7. The first-order chi connectivity index (χ1) is 9.20. The van der Waals surface area contributed by atoms with Gasteiger partial charge < -0.3 is 5.32 Å². The monoisotopic (exact) mass is 313 g/mol. The van der Waals surface area contributed by atoms with E-state index in [0.29, 0.717) is 11.1 Å². The summed E-state index contributed by atoms with van der Waals surface area (Å²) in [6, 6.07) is 8.19. The lowest BCUT2D eigenvalue weighted by atomic mass is 10.0. The van der Waals surface area contributed by atoms with E-state index in [-0.39, 0.29) is 0 Å². The van der Waals surface area contributed by atoms with E-state index >= 15 is 0 Å². The topological polar surface area (TPSA) is 12.0 Å². The standard InChI is InChI=1S/C15H17Cl2NS/c1-2-6-18-15(12-5-7-19-10-12)8-11-3-4-13(16)9-14(11)17/h3-5,7,9-10,15,18H,2,6,8H2,1H3. The van der Waals surface area contributed by atoms with Crippen molar-refractivity contribution in [2.45, 2.75) is 25.8 Å². The molecule has 1 unspecified atom stereocenters. The van der Waals surface area contributed by atoms with Crippen LogP contribution in [0.2, 0.25) is 10.0 Å². The second-order valence-corrected chi connectivity index (χ2v) is 6.13. The maximum Gasteiger partial charge on any atom is 0.0453 e. The molecule has 102 valence electrons. The summed E-state index contributed by atoms with van der Waals surface area (Å²) in [7, 11) is 0. The van der Waals surface area contributed by atoms with Crippen LogP contribution < -0.4 is 5.32 Å². The zero-order valence-electron chi connectivity index (χ0n) is 10.8. The summed E-state index contributed by atoms with van der Waals surface area (Å²) >= 11 is 13.9. The first-order valence-electron chi connectivity index (χ1n) is 6.40. The molecule has 1 atom stereocenters. The maximum atomic E-state index is 6.26. The van der Waals surface area contributed by atoms with Gasteiger partial charge in [0, 0.05) is 16.1 Å². The normalized spacial score (nSPS) is 12.6. The van der Waals surface area contributed by atoms with Crippen molar-refractivity contribution in [3.8, 4) is 0 Å². The summed E-state index contributed by atoms with van der Waals surface area (Å²) in [5.41, 5.74) is 2.45. The van der Waals surface area contributed by atoms with Crippen molar-refractivity contribution in [1.82, 2.24) is 5.32 Å². The molecule has 0 aliphatic rings. The summed E-state index contributed by atoms with van der Waals surface area (Å²) in [5.74, 6) is 0. The van der Waals surface area contributed by atoms with Crippen molar-refractivity contribution in [2.24, 2.45) is 0 Å². The van der Waals surface area contributed by atoms with Crippen molar-refractivity contribution in [1.29, 1.82) is 0 Å². The number of hydrogen-bond donors (Lipinski definition) is 1.